The quantitative estimate of drug-likeness (QED) is 0.206. The van der Waals surface area contributed by atoms with Crippen LogP contribution in [0.2, 0.25) is 0 Å². The molecule has 2 heterocycles. The lowest BCUT2D eigenvalue weighted by atomic mass is 9.98. The Hall–Kier alpha value is -2.42. The lowest BCUT2D eigenvalue weighted by Crippen LogP contribution is -2.59. The molecule has 1 aromatic heterocycles. The molecule has 1 aliphatic rings. The van der Waals surface area contributed by atoms with Crippen LogP contribution < -0.4 is 4.48 Å². The number of quaternary nitrogens is 1. The Morgan fingerprint density at radius 2 is 1.68 bits per heavy atom. The number of rotatable bonds is 5. The molecule has 0 radical (unpaired) electrons. The molecule has 1 aliphatic heterocycles. The van der Waals surface area contributed by atoms with Crippen molar-refractivity contribution in [1.82, 2.24) is 19.5 Å². The summed E-state index contributed by atoms with van der Waals surface area (Å²) in [5.74, 6) is -0.274. The van der Waals surface area contributed by atoms with Crippen LogP contribution in [0.3, 0.4) is 0 Å². The summed E-state index contributed by atoms with van der Waals surface area (Å²) in [6.45, 7) is 2.22. The number of carbonyl (C=O) groups is 2. The number of carbonyl (C=O) groups excluding carboxylic acids is 2. The van der Waals surface area contributed by atoms with Gasteiger partial charge in [-0.05, 0) is 41.3 Å². The molecule has 34 heavy (non-hydrogen) atoms. The molecule has 11 heteroatoms. The second kappa shape index (κ2) is 9.32. The molecule has 176 valence electrons. The van der Waals surface area contributed by atoms with Crippen LogP contribution in [-0.2, 0) is 8.59 Å². The van der Waals surface area contributed by atoms with E-state index < -0.39 is 15.7 Å². The van der Waals surface area contributed by atoms with Crippen molar-refractivity contribution < 1.29 is 14.1 Å². The summed E-state index contributed by atoms with van der Waals surface area (Å²) in [6.07, 6.45) is 1.94. The fourth-order valence-corrected chi connectivity index (χ4v) is 4.21. The highest BCUT2D eigenvalue weighted by Crippen LogP contribution is 2.40. The maximum atomic E-state index is 13.2. The van der Waals surface area contributed by atoms with E-state index in [1.165, 1.54) is 11.0 Å². The average Bonchev–Trinajstić information content (AvgIpc) is 3.32. The Bertz CT molecular complexity index is 1280. The van der Waals surface area contributed by atoms with Gasteiger partial charge in [-0.1, -0.05) is 71.1 Å². The van der Waals surface area contributed by atoms with Gasteiger partial charge in [0.15, 0.2) is 0 Å². The highest BCUT2D eigenvalue weighted by molar-refractivity contribution is 6.66. The largest absolute Gasteiger partial charge is 0.436 e. The fraction of sp³-hybridized carbons (Fsp3) is 0.217. The molecule has 1 atom stereocenters. The Kier molecular flexibility index (Phi) is 6.77. The van der Waals surface area contributed by atoms with Gasteiger partial charge in [-0.2, -0.15) is 9.47 Å². The first kappa shape index (κ1) is 24.7. The summed E-state index contributed by atoms with van der Waals surface area (Å²) >= 11 is 24.0. The third-order valence-corrected chi connectivity index (χ3v) is 6.46. The normalized spacial score (nSPS) is 18.9. The minimum absolute atomic E-state index is 0.126. The van der Waals surface area contributed by atoms with Gasteiger partial charge in [0.05, 0.1) is 13.1 Å². The van der Waals surface area contributed by atoms with Crippen molar-refractivity contribution >= 4 is 64.0 Å². The molecule has 3 aromatic rings. The van der Waals surface area contributed by atoms with E-state index in [1.54, 1.807) is 19.2 Å². The van der Waals surface area contributed by atoms with Crippen LogP contribution in [0.25, 0.3) is 22.5 Å². The number of urea groups is 1. The van der Waals surface area contributed by atoms with Gasteiger partial charge in [0.2, 0.25) is 11.0 Å². The van der Waals surface area contributed by atoms with Crippen LogP contribution >= 0.6 is 46.4 Å². The second-order valence-electron chi connectivity index (χ2n) is 7.76. The van der Waals surface area contributed by atoms with E-state index in [1.807, 2.05) is 43.3 Å². The number of amides is 3. The molecule has 0 aliphatic carbocycles. The number of nitrogens with zero attached hydrogens (tertiary/aromatic N) is 4. The lowest BCUT2D eigenvalue weighted by molar-refractivity contribution is -0.124. The van der Waals surface area contributed by atoms with Crippen LogP contribution in [0.1, 0.15) is 19.2 Å². The van der Waals surface area contributed by atoms with Gasteiger partial charge in [-0.15, -0.1) is 0 Å². The average molecular weight is 541 g/mol. The molecule has 2 aromatic carbocycles. The van der Waals surface area contributed by atoms with Crippen molar-refractivity contribution in [2.45, 2.75) is 17.1 Å². The summed E-state index contributed by atoms with van der Waals surface area (Å²) in [5, 5.41) is 4.07. The molecular weight excluding hydrogens is 522 g/mol. The Labute approximate surface area is 216 Å². The Balaban J connectivity index is 1.72. The Morgan fingerprint density at radius 3 is 2.26 bits per heavy atom. The topological polar surface area (TPSA) is 76.3 Å². The number of benzene rings is 2. The fourth-order valence-electron chi connectivity index (χ4n) is 3.72. The number of imide groups is 1. The summed E-state index contributed by atoms with van der Waals surface area (Å²) in [5.41, 5.74) is 2.92. The van der Waals surface area contributed by atoms with Gasteiger partial charge >= 0.3 is 6.03 Å². The number of aromatic nitrogens is 2. The van der Waals surface area contributed by atoms with Crippen molar-refractivity contribution in [3.05, 3.63) is 65.7 Å². The zero-order valence-corrected chi connectivity index (χ0v) is 21.2. The highest BCUT2D eigenvalue weighted by atomic mass is 35.6. The third-order valence-electron chi connectivity index (χ3n) is 5.53. The van der Waals surface area contributed by atoms with E-state index in [-0.39, 0.29) is 21.4 Å². The second-order valence-corrected chi connectivity index (χ2v) is 10.4. The van der Waals surface area contributed by atoms with Gasteiger partial charge in [-0.25, -0.2) is 9.69 Å². The third kappa shape index (κ3) is 4.34. The predicted molar refractivity (Wildman–Crippen MR) is 133 cm³/mol. The van der Waals surface area contributed by atoms with Gasteiger partial charge < -0.3 is 4.52 Å². The molecule has 7 nitrogen and oxygen atoms in total. The summed E-state index contributed by atoms with van der Waals surface area (Å²) < 4.78 is 2.93. The SMILES string of the molecule is CCCN1C(=O)C=C(Cl)[N+](C)(c2ccc(-c3ccccc3-c3noc(C(Cl)(Cl)Cl)n3)cc2)C1=O. The Morgan fingerprint density at radius 1 is 1.03 bits per heavy atom. The van der Waals surface area contributed by atoms with Gasteiger partial charge in [-0.3, -0.25) is 4.79 Å². The maximum Gasteiger partial charge on any atom is 0.436 e. The van der Waals surface area contributed by atoms with E-state index in [2.05, 4.69) is 10.1 Å². The van der Waals surface area contributed by atoms with Gasteiger partial charge in [0, 0.05) is 24.2 Å². The first-order valence-corrected chi connectivity index (χ1v) is 11.8. The molecule has 0 fully saturated rings. The summed E-state index contributed by atoms with van der Waals surface area (Å²) in [4.78, 5) is 30.9. The molecule has 0 bridgehead atoms. The summed E-state index contributed by atoms with van der Waals surface area (Å²) in [6, 6.07) is 14.3. The number of halogens is 4. The molecular formula is C23H19Cl4N4O3+. The molecule has 3 amide bonds. The zero-order chi connectivity index (χ0) is 24.7. The van der Waals surface area contributed by atoms with Crippen LogP contribution in [0, 0.1) is 0 Å². The van der Waals surface area contributed by atoms with Crippen molar-refractivity contribution in [3.8, 4) is 22.5 Å². The zero-order valence-electron chi connectivity index (χ0n) is 18.1. The van der Waals surface area contributed by atoms with Crippen molar-refractivity contribution in [2.24, 2.45) is 0 Å². The van der Waals surface area contributed by atoms with Gasteiger partial charge in [0.1, 0.15) is 5.69 Å². The van der Waals surface area contributed by atoms with E-state index in [0.29, 0.717) is 24.2 Å². The van der Waals surface area contributed by atoms with Crippen molar-refractivity contribution in [3.63, 3.8) is 0 Å². The van der Waals surface area contributed by atoms with E-state index >= 15 is 0 Å². The van der Waals surface area contributed by atoms with Crippen molar-refractivity contribution in [2.75, 3.05) is 13.6 Å². The van der Waals surface area contributed by atoms with Crippen LogP contribution in [0.4, 0.5) is 10.5 Å². The predicted octanol–water partition coefficient (Wildman–Crippen LogP) is 6.62. The number of alkyl halides is 3. The maximum absolute atomic E-state index is 13.2. The van der Waals surface area contributed by atoms with E-state index in [4.69, 9.17) is 50.9 Å². The molecule has 1 unspecified atom stereocenters. The smallest absolute Gasteiger partial charge is 0.334 e. The van der Waals surface area contributed by atoms with Crippen LogP contribution in [0.15, 0.2) is 64.3 Å². The number of hydrogen-bond donors (Lipinski definition) is 0. The van der Waals surface area contributed by atoms with Crippen LogP contribution in [0.5, 0.6) is 0 Å². The van der Waals surface area contributed by atoms with E-state index in [0.717, 1.165) is 11.1 Å². The van der Waals surface area contributed by atoms with E-state index in [9.17, 15) is 9.59 Å². The molecule has 0 saturated heterocycles. The highest BCUT2D eigenvalue weighted by Gasteiger charge is 2.48. The lowest BCUT2D eigenvalue weighted by Gasteiger charge is -2.36. The number of hydrogen-bond acceptors (Lipinski definition) is 5. The molecule has 0 spiro atoms. The minimum atomic E-state index is -1.83. The van der Waals surface area contributed by atoms with Crippen molar-refractivity contribution in [1.29, 1.82) is 0 Å². The molecule has 0 saturated carbocycles. The molecule has 4 rings (SSSR count). The van der Waals surface area contributed by atoms with Gasteiger partial charge in [0.25, 0.3) is 15.6 Å². The minimum Gasteiger partial charge on any atom is -0.334 e. The molecule has 0 N–H and O–H groups in total. The van der Waals surface area contributed by atoms with Crippen LogP contribution in [-0.4, -0.2) is 40.6 Å². The standard InChI is InChI=1S/C23H19Cl4N4O3/c1-3-12-30-19(32)13-18(24)31(2,22(30)33)15-10-8-14(9-11-15)16-6-4-5-7-17(16)20-28-21(34-29-20)23(25,26)27/h4-11,13H,3,12H2,1-2H3/q+1. The first-order chi connectivity index (χ1) is 16.1. The monoisotopic (exact) mass is 539 g/mol. The first-order valence-electron chi connectivity index (χ1n) is 10.3. The summed E-state index contributed by atoms with van der Waals surface area (Å²) in [7, 11) is 1.66.